The summed E-state index contributed by atoms with van der Waals surface area (Å²) in [7, 11) is 3.32. The molecule has 2 amide bonds. The summed E-state index contributed by atoms with van der Waals surface area (Å²) in [6, 6.07) is 7.61. The van der Waals surface area contributed by atoms with Crippen LogP contribution in [0.4, 0.5) is 5.69 Å². The van der Waals surface area contributed by atoms with Crippen molar-refractivity contribution < 1.29 is 9.59 Å². The minimum Gasteiger partial charge on any atom is -0.325 e. The second kappa shape index (κ2) is 7.00. The largest absolute Gasteiger partial charge is 0.325 e. The number of nitrogens with one attached hydrogen (secondary N) is 1. The highest BCUT2D eigenvalue weighted by molar-refractivity contribution is 8.15. The molecule has 0 saturated carbocycles. The number of hydrogen-bond donors (Lipinski definition) is 1. The number of nitrogens with zero attached hydrogens (tertiary/aromatic N) is 2. The van der Waals surface area contributed by atoms with Crippen LogP contribution in [0.15, 0.2) is 34.2 Å². The first-order valence-electron chi connectivity index (χ1n) is 6.40. The van der Waals surface area contributed by atoms with E-state index in [2.05, 4.69) is 10.3 Å². The summed E-state index contributed by atoms with van der Waals surface area (Å²) in [6.45, 7) is 0. The maximum atomic E-state index is 12.1. The van der Waals surface area contributed by atoms with Crippen LogP contribution in [0.5, 0.6) is 0 Å². The topological polar surface area (TPSA) is 61.8 Å². The van der Waals surface area contributed by atoms with Crippen molar-refractivity contribution in [3.05, 3.63) is 24.3 Å². The molecule has 0 spiro atoms. The van der Waals surface area contributed by atoms with E-state index in [0.717, 1.165) is 10.6 Å². The Kier molecular flexibility index (Phi) is 5.30. The number of rotatable bonds is 4. The van der Waals surface area contributed by atoms with E-state index in [0.29, 0.717) is 5.17 Å². The van der Waals surface area contributed by atoms with Crippen LogP contribution < -0.4 is 5.32 Å². The van der Waals surface area contributed by atoms with Crippen molar-refractivity contribution in [3.8, 4) is 0 Å². The summed E-state index contributed by atoms with van der Waals surface area (Å²) in [5.41, 5.74) is 0.781. The lowest BCUT2D eigenvalue weighted by Crippen LogP contribution is -2.30. The smallest absolute Gasteiger partial charge is 0.242 e. The molecule has 0 bridgehead atoms. The van der Waals surface area contributed by atoms with Crippen molar-refractivity contribution in [1.82, 2.24) is 4.90 Å². The quantitative estimate of drug-likeness (QED) is 0.864. The van der Waals surface area contributed by atoms with Crippen molar-refractivity contribution >= 4 is 46.2 Å². The molecule has 1 N–H and O–H groups in total. The molecule has 1 atom stereocenters. The molecule has 1 fully saturated rings. The summed E-state index contributed by atoms with van der Waals surface area (Å²) < 4.78 is 0. The van der Waals surface area contributed by atoms with Crippen LogP contribution in [0.3, 0.4) is 0 Å². The summed E-state index contributed by atoms with van der Waals surface area (Å²) in [6.07, 6.45) is 2.11. The summed E-state index contributed by atoms with van der Waals surface area (Å²) >= 11 is 2.91. The first-order chi connectivity index (χ1) is 10.1. The fourth-order valence-corrected chi connectivity index (χ4v) is 3.67. The van der Waals surface area contributed by atoms with Crippen LogP contribution >= 0.6 is 23.5 Å². The Hall–Kier alpha value is -1.47. The van der Waals surface area contributed by atoms with Gasteiger partial charge in [-0.2, -0.15) is 0 Å². The molecule has 1 aromatic rings. The molecule has 1 aromatic carbocycles. The predicted molar refractivity (Wildman–Crippen MR) is 89.0 cm³/mol. The molecule has 0 aliphatic carbocycles. The van der Waals surface area contributed by atoms with Crippen molar-refractivity contribution in [3.63, 3.8) is 0 Å². The average molecular weight is 323 g/mol. The molecule has 0 aromatic heterocycles. The standard InChI is InChI=1S/C14H17N3O2S2/c1-15-14-17(2)13(19)11(21-14)8-12(18)16-9-6-4-5-7-10(9)20-3/h4-7,11H,8H2,1-3H3,(H,16,18). The van der Waals surface area contributed by atoms with Gasteiger partial charge in [-0.1, -0.05) is 23.9 Å². The van der Waals surface area contributed by atoms with Gasteiger partial charge in [0.15, 0.2) is 5.17 Å². The Morgan fingerprint density at radius 1 is 1.48 bits per heavy atom. The number of para-hydroxylation sites is 1. The van der Waals surface area contributed by atoms with Gasteiger partial charge >= 0.3 is 0 Å². The molecule has 1 aliphatic heterocycles. The van der Waals surface area contributed by atoms with Gasteiger partial charge in [0, 0.05) is 25.4 Å². The second-order valence-corrected chi connectivity index (χ2v) is 6.48. The number of hydrogen-bond acceptors (Lipinski definition) is 5. The van der Waals surface area contributed by atoms with E-state index in [9.17, 15) is 9.59 Å². The maximum Gasteiger partial charge on any atom is 0.242 e. The molecule has 2 rings (SSSR count). The summed E-state index contributed by atoms with van der Waals surface area (Å²) in [5, 5.41) is 3.13. The zero-order chi connectivity index (χ0) is 15.4. The molecule has 5 nitrogen and oxygen atoms in total. The van der Waals surface area contributed by atoms with Gasteiger partial charge in [-0.05, 0) is 18.4 Å². The average Bonchev–Trinajstić information content (AvgIpc) is 2.75. The third-order valence-electron chi connectivity index (χ3n) is 3.08. The van der Waals surface area contributed by atoms with Crippen LogP contribution in [-0.4, -0.2) is 47.5 Å². The Morgan fingerprint density at radius 2 is 2.19 bits per heavy atom. The van der Waals surface area contributed by atoms with E-state index in [1.807, 2.05) is 30.5 Å². The SMILES string of the molecule is CN=C1SC(CC(=O)Nc2ccccc2SC)C(=O)N1C. The molecule has 7 heteroatoms. The van der Waals surface area contributed by atoms with Crippen LogP contribution in [-0.2, 0) is 9.59 Å². The third-order valence-corrected chi connectivity index (χ3v) is 5.20. The van der Waals surface area contributed by atoms with E-state index in [-0.39, 0.29) is 18.2 Å². The van der Waals surface area contributed by atoms with Gasteiger partial charge in [-0.15, -0.1) is 11.8 Å². The lowest BCUT2D eigenvalue weighted by atomic mass is 10.2. The second-order valence-electron chi connectivity index (χ2n) is 4.46. The van der Waals surface area contributed by atoms with E-state index >= 15 is 0 Å². The van der Waals surface area contributed by atoms with Crippen molar-refractivity contribution in [2.75, 3.05) is 25.7 Å². The van der Waals surface area contributed by atoms with E-state index in [1.54, 1.807) is 25.9 Å². The number of thioether (sulfide) groups is 2. The number of carbonyl (C=O) groups is 2. The molecular formula is C14H17N3O2S2. The summed E-state index contributed by atoms with van der Waals surface area (Å²) in [5.74, 6) is -0.234. The van der Waals surface area contributed by atoms with Gasteiger partial charge in [0.05, 0.1) is 5.69 Å². The Labute approximate surface area is 132 Å². The molecule has 1 heterocycles. The van der Waals surface area contributed by atoms with Crippen LogP contribution in [0.25, 0.3) is 0 Å². The van der Waals surface area contributed by atoms with E-state index in [4.69, 9.17) is 0 Å². The molecule has 1 saturated heterocycles. The molecule has 21 heavy (non-hydrogen) atoms. The number of anilines is 1. The zero-order valence-corrected chi connectivity index (χ0v) is 13.8. The minimum atomic E-state index is -0.393. The monoisotopic (exact) mass is 323 g/mol. The van der Waals surface area contributed by atoms with Gasteiger partial charge < -0.3 is 5.32 Å². The highest BCUT2D eigenvalue weighted by Gasteiger charge is 2.36. The lowest BCUT2D eigenvalue weighted by molar-refractivity contribution is -0.127. The van der Waals surface area contributed by atoms with Gasteiger partial charge in [0.25, 0.3) is 0 Å². The first-order valence-corrected chi connectivity index (χ1v) is 8.51. The van der Waals surface area contributed by atoms with Gasteiger partial charge in [0.1, 0.15) is 5.25 Å². The molecule has 1 unspecified atom stereocenters. The molecule has 112 valence electrons. The Bertz CT molecular complexity index is 589. The molecule has 0 radical (unpaired) electrons. The fraction of sp³-hybridized carbons (Fsp3) is 0.357. The van der Waals surface area contributed by atoms with Crippen LogP contribution in [0, 0.1) is 0 Å². The maximum absolute atomic E-state index is 12.1. The fourth-order valence-electron chi connectivity index (χ4n) is 2.02. The van der Waals surface area contributed by atoms with Gasteiger partial charge in [0.2, 0.25) is 11.8 Å². The molecular weight excluding hydrogens is 306 g/mol. The minimum absolute atomic E-state index is 0.0751. The van der Waals surface area contributed by atoms with E-state index in [1.165, 1.54) is 16.7 Å². The summed E-state index contributed by atoms with van der Waals surface area (Å²) in [4.78, 5) is 30.7. The van der Waals surface area contributed by atoms with Crippen molar-refractivity contribution in [2.45, 2.75) is 16.6 Å². The number of carbonyl (C=O) groups excluding carboxylic acids is 2. The molecule has 1 aliphatic rings. The van der Waals surface area contributed by atoms with E-state index < -0.39 is 5.25 Å². The third kappa shape index (κ3) is 3.59. The zero-order valence-electron chi connectivity index (χ0n) is 12.1. The van der Waals surface area contributed by atoms with Crippen molar-refractivity contribution in [1.29, 1.82) is 0 Å². The number of amidine groups is 1. The number of amides is 2. The Morgan fingerprint density at radius 3 is 2.81 bits per heavy atom. The van der Waals surface area contributed by atoms with Gasteiger partial charge in [-0.25, -0.2) is 0 Å². The lowest BCUT2D eigenvalue weighted by Gasteiger charge is -2.11. The Balaban J connectivity index is 2.01. The number of benzene rings is 1. The normalized spacial score (nSPS) is 20.1. The highest BCUT2D eigenvalue weighted by atomic mass is 32.2. The van der Waals surface area contributed by atoms with Gasteiger partial charge in [-0.3, -0.25) is 19.5 Å². The predicted octanol–water partition coefficient (Wildman–Crippen LogP) is 2.30. The first kappa shape index (κ1) is 15.9. The van der Waals surface area contributed by atoms with Crippen LogP contribution in [0.2, 0.25) is 0 Å². The highest BCUT2D eigenvalue weighted by Crippen LogP contribution is 2.29. The van der Waals surface area contributed by atoms with Crippen LogP contribution in [0.1, 0.15) is 6.42 Å². The number of aliphatic imine (C=N–C) groups is 1. The van der Waals surface area contributed by atoms with Crippen molar-refractivity contribution in [2.24, 2.45) is 4.99 Å².